The number of rotatable bonds is 4. The summed E-state index contributed by atoms with van der Waals surface area (Å²) in [6, 6.07) is 5.22. The molecule has 0 aliphatic carbocycles. The lowest BCUT2D eigenvalue weighted by Crippen LogP contribution is -2.29. The van der Waals surface area contributed by atoms with Gasteiger partial charge in [-0.25, -0.2) is 0 Å². The van der Waals surface area contributed by atoms with Crippen molar-refractivity contribution in [3.63, 3.8) is 0 Å². The Hall–Kier alpha value is -0.820. The summed E-state index contributed by atoms with van der Waals surface area (Å²) in [5, 5.41) is 12.0. The van der Waals surface area contributed by atoms with E-state index in [-0.39, 0.29) is 12.3 Å². The second-order valence-corrected chi connectivity index (χ2v) is 6.19. The van der Waals surface area contributed by atoms with E-state index in [4.69, 9.17) is 16.7 Å². The molecule has 1 aromatic rings. The van der Waals surface area contributed by atoms with Gasteiger partial charge in [-0.05, 0) is 54.6 Å². The lowest BCUT2D eigenvalue weighted by Gasteiger charge is -2.18. The normalized spacial score (nSPS) is 11.1. The number of carboxylic acids is 1. The molecule has 0 aliphatic rings. The predicted molar refractivity (Wildman–Crippen MR) is 78.8 cm³/mol. The van der Waals surface area contributed by atoms with Crippen LogP contribution in [0.2, 0.25) is 5.02 Å². The molecule has 1 aromatic carbocycles. The lowest BCUT2D eigenvalue weighted by molar-refractivity contribution is -0.148. The smallest absolute Gasteiger partial charge is 0.309 e. The standard InChI is InChI=1S/C12H13ClINO3/c1-12(2,11(17)18)6-10(16)15-9-4-3-7(14)5-8(9)13/h3-5H,6H2,1-2H3,(H,15,16)(H,17,18). The fraction of sp³-hybridized carbons (Fsp3) is 0.333. The number of halogens is 2. The highest BCUT2D eigenvalue weighted by Gasteiger charge is 2.30. The maximum absolute atomic E-state index is 11.7. The largest absolute Gasteiger partial charge is 0.481 e. The average molecular weight is 382 g/mol. The van der Waals surface area contributed by atoms with Gasteiger partial charge in [-0.15, -0.1) is 0 Å². The van der Waals surface area contributed by atoms with Gasteiger partial charge in [0.1, 0.15) is 0 Å². The third kappa shape index (κ3) is 4.13. The van der Waals surface area contributed by atoms with Crippen LogP contribution in [0.15, 0.2) is 18.2 Å². The molecule has 0 aliphatic heterocycles. The monoisotopic (exact) mass is 381 g/mol. The van der Waals surface area contributed by atoms with E-state index in [1.807, 2.05) is 6.07 Å². The number of carboxylic acid groups (broad SMARTS) is 1. The first-order chi connectivity index (χ1) is 8.22. The summed E-state index contributed by atoms with van der Waals surface area (Å²) < 4.78 is 0.960. The number of hydrogen-bond acceptors (Lipinski definition) is 2. The summed E-state index contributed by atoms with van der Waals surface area (Å²) in [5.74, 6) is -1.38. The van der Waals surface area contributed by atoms with Crippen LogP contribution >= 0.6 is 34.2 Å². The van der Waals surface area contributed by atoms with E-state index in [0.717, 1.165) is 3.57 Å². The highest BCUT2D eigenvalue weighted by Crippen LogP contribution is 2.26. The molecular formula is C12H13ClINO3. The summed E-state index contributed by atoms with van der Waals surface area (Å²) in [6.07, 6.45) is -0.106. The van der Waals surface area contributed by atoms with E-state index in [0.29, 0.717) is 10.7 Å². The van der Waals surface area contributed by atoms with Gasteiger partial charge in [0.05, 0.1) is 16.1 Å². The number of anilines is 1. The van der Waals surface area contributed by atoms with E-state index in [9.17, 15) is 9.59 Å². The summed E-state index contributed by atoms with van der Waals surface area (Å²) in [7, 11) is 0. The number of carbonyl (C=O) groups is 2. The predicted octanol–water partition coefficient (Wildman–Crippen LogP) is 3.38. The number of hydrogen-bond donors (Lipinski definition) is 2. The quantitative estimate of drug-likeness (QED) is 0.786. The maximum atomic E-state index is 11.7. The summed E-state index contributed by atoms with van der Waals surface area (Å²) in [6.45, 7) is 3.01. The molecule has 6 heteroatoms. The highest BCUT2D eigenvalue weighted by molar-refractivity contribution is 14.1. The Morgan fingerprint density at radius 3 is 2.56 bits per heavy atom. The Morgan fingerprint density at radius 2 is 2.06 bits per heavy atom. The fourth-order valence-corrected chi connectivity index (χ4v) is 2.17. The lowest BCUT2D eigenvalue weighted by atomic mass is 9.89. The van der Waals surface area contributed by atoms with Gasteiger partial charge in [-0.3, -0.25) is 9.59 Å². The van der Waals surface area contributed by atoms with Crippen molar-refractivity contribution in [3.05, 3.63) is 26.8 Å². The topological polar surface area (TPSA) is 66.4 Å². The zero-order chi connectivity index (χ0) is 13.9. The fourth-order valence-electron chi connectivity index (χ4n) is 1.26. The molecule has 0 unspecified atom stereocenters. The van der Waals surface area contributed by atoms with E-state index in [2.05, 4.69) is 27.9 Å². The molecule has 0 atom stereocenters. The van der Waals surface area contributed by atoms with Crippen molar-refractivity contribution in [2.24, 2.45) is 5.41 Å². The molecule has 0 saturated heterocycles. The second-order valence-electron chi connectivity index (χ2n) is 4.54. The van der Waals surface area contributed by atoms with Gasteiger partial charge in [0.2, 0.25) is 5.91 Å². The number of benzene rings is 1. The Kier molecular flexibility index (Phi) is 4.98. The molecule has 0 saturated carbocycles. The van der Waals surface area contributed by atoms with Crippen LogP contribution in [0.1, 0.15) is 20.3 Å². The highest BCUT2D eigenvalue weighted by atomic mass is 127. The number of aliphatic carboxylic acids is 1. The third-order valence-electron chi connectivity index (χ3n) is 2.39. The van der Waals surface area contributed by atoms with Crippen LogP contribution in [-0.2, 0) is 9.59 Å². The molecule has 1 rings (SSSR count). The van der Waals surface area contributed by atoms with Crippen LogP contribution in [0.25, 0.3) is 0 Å². The first-order valence-corrected chi connectivity index (χ1v) is 6.66. The zero-order valence-electron chi connectivity index (χ0n) is 9.96. The van der Waals surface area contributed by atoms with Crippen molar-refractivity contribution in [1.29, 1.82) is 0 Å². The molecule has 4 nitrogen and oxygen atoms in total. The van der Waals surface area contributed by atoms with Crippen molar-refractivity contribution in [1.82, 2.24) is 0 Å². The van der Waals surface area contributed by atoms with Gasteiger partial charge in [-0.1, -0.05) is 11.6 Å². The molecule has 0 bridgehead atoms. The minimum absolute atomic E-state index is 0.106. The molecule has 0 fully saturated rings. The SMILES string of the molecule is CC(C)(CC(=O)Nc1ccc(I)cc1Cl)C(=O)O. The van der Waals surface area contributed by atoms with Crippen molar-refractivity contribution in [2.45, 2.75) is 20.3 Å². The van der Waals surface area contributed by atoms with Crippen LogP contribution < -0.4 is 5.32 Å². The third-order valence-corrected chi connectivity index (χ3v) is 3.37. The van der Waals surface area contributed by atoms with E-state index >= 15 is 0 Å². The van der Waals surface area contributed by atoms with Crippen LogP contribution in [-0.4, -0.2) is 17.0 Å². The van der Waals surface area contributed by atoms with Crippen molar-refractivity contribution in [3.8, 4) is 0 Å². The minimum atomic E-state index is -1.10. The molecule has 98 valence electrons. The average Bonchev–Trinajstić information content (AvgIpc) is 2.21. The van der Waals surface area contributed by atoms with Gasteiger partial charge in [0.25, 0.3) is 0 Å². The van der Waals surface area contributed by atoms with Gasteiger partial charge < -0.3 is 10.4 Å². The molecule has 0 heterocycles. The Morgan fingerprint density at radius 1 is 1.44 bits per heavy atom. The van der Waals surface area contributed by atoms with Gasteiger partial charge in [-0.2, -0.15) is 0 Å². The molecule has 1 amide bonds. The number of nitrogens with one attached hydrogen (secondary N) is 1. The molecule has 0 aromatic heterocycles. The van der Waals surface area contributed by atoms with E-state index in [1.54, 1.807) is 12.1 Å². The molecule has 18 heavy (non-hydrogen) atoms. The van der Waals surface area contributed by atoms with Crippen LogP contribution in [0.3, 0.4) is 0 Å². The zero-order valence-corrected chi connectivity index (χ0v) is 12.9. The summed E-state index contributed by atoms with van der Waals surface area (Å²) in [5.41, 5.74) is -0.608. The van der Waals surface area contributed by atoms with Crippen LogP contribution in [0.4, 0.5) is 5.69 Å². The Labute approximate surface area is 124 Å². The Bertz CT molecular complexity index is 488. The minimum Gasteiger partial charge on any atom is -0.481 e. The molecule has 2 N–H and O–H groups in total. The second kappa shape index (κ2) is 5.88. The van der Waals surface area contributed by atoms with E-state index < -0.39 is 11.4 Å². The summed E-state index contributed by atoms with van der Waals surface area (Å²) in [4.78, 5) is 22.6. The first-order valence-electron chi connectivity index (χ1n) is 5.20. The first kappa shape index (κ1) is 15.2. The molecule has 0 radical (unpaired) electrons. The molecule has 0 spiro atoms. The van der Waals surface area contributed by atoms with Gasteiger partial charge in [0.15, 0.2) is 0 Å². The van der Waals surface area contributed by atoms with Crippen molar-refractivity contribution >= 4 is 51.8 Å². The maximum Gasteiger partial charge on any atom is 0.309 e. The van der Waals surface area contributed by atoms with Gasteiger partial charge in [0, 0.05) is 9.99 Å². The number of amides is 1. The van der Waals surface area contributed by atoms with Crippen molar-refractivity contribution in [2.75, 3.05) is 5.32 Å². The summed E-state index contributed by atoms with van der Waals surface area (Å²) >= 11 is 8.08. The van der Waals surface area contributed by atoms with Crippen molar-refractivity contribution < 1.29 is 14.7 Å². The Balaban J connectivity index is 2.74. The number of carbonyl (C=O) groups excluding carboxylic acids is 1. The van der Waals surface area contributed by atoms with Crippen LogP contribution in [0.5, 0.6) is 0 Å². The van der Waals surface area contributed by atoms with Crippen LogP contribution in [0, 0.1) is 8.99 Å². The van der Waals surface area contributed by atoms with E-state index in [1.165, 1.54) is 13.8 Å². The molecular weight excluding hydrogens is 368 g/mol. The van der Waals surface area contributed by atoms with Gasteiger partial charge >= 0.3 is 5.97 Å².